The van der Waals surface area contributed by atoms with Gasteiger partial charge in [0.05, 0.1) is 24.8 Å². The molecule has 0 saturated carbocycles. The van der Waals surface area contributed by atoms with Gasteiger partial charge in [0.2, 0.25) is 0 Å². The number of hydrogen-bond donors (Lipinski definition) is 1. The standard InChI is InChI=1S/C31H37N3O3/c1-23(2)24-15-17-26(18-16-24)37-21-7-6-20-34-29-13-5-4-12-28(29)33-30(34)14-9-19-32-31(35)25-10-8-11-27(22-25)36-3/h4-5,8,10-13,15-18,22-23H,6-7,9,14,19-21H2,1-3H3,(H,32,35). The molecule has 0 radical (unpaired) electrons. The monoisotopic (exact) mass is 499 g/mol. The molecule has 0 saturated heterocycles. The number of fused-ring (bicyclic) bond motifs is 1. The highest BCUT2D eigenvalue weighted by atomic mass is 16.5. The molecular weight excluding hydrogens is 462 g/mol. The van der Waals surface area contributed by atoms with E-state index in [-0.39, 0.29) is 5.91 Å². The minimum absolute atomic E-state index is 0.0914. The van der Waals surface area contributed by atoms with Crippen LogP contribution in [0.5, 0.6) is 11.5 Å². The van der Waals surface area contributed by atoms with Gasteiger partial charge in [-0.05, 0) is 73.2 Å². The van der Waals surface area contributed by atoms with Gasteiger partial charge >= 0.3 is 0 Å². The second kappa shape index (κ2) is 12.9. The van der Waals surface area contributed by atoms with E-state index in [9.17, 15) is 4.79 Å². The summed E-state index contributed by atoms with van der Waals surface area (Å²) in [5.41, 5.74) is 4.10. The zero-order chi connectivity index (χ0) is 26.0. The number of nitrogens with one attached hydrogen (secondary N) is 1. The Morgan fingerprint density at radius 2 is 1.76 bits per heavy atom. The maximum atomic E-state index is 12.5. The lowest BCUT2D eigenvalue weighted by Crippen LogP contribution is -2.25. The zero-order valence-corrected chi connectivity index (χ0v) is 22.1. The third kappa shape index (κ3) is 7.13. The first kappa shape index (κ1) is 26.3. The van der Waals surface area contributed by atoms with Gasteiger partial charge in [-0.15, -0.1) is 0 Å². The molecule has 0 fully saturated rings. The third-order valence-corrected chi connectivity index (χ3v) is 6.52. The topological polar surface area (TPSA) is 65.4 Å². The first-order chi connectivity index (χ1) is 18.0. The van der Waals surface area contributed by atoms with Crippen molar-refractivity contribution in [1.82, 2.24) is 14.9 Å². The average Bonchev–Trinajstić information content (AvgIpc) is 3.28. The quantitative estimate of drug-likeness (QED) is 0.217. The van der Waals surface area contributed by atoms with Crippen LogP contribution in [0.25, 0.3) is 11.0 Å². The number of methoxy groups -OCH3 is 1. The molecule has 37 heavy (non-hydrogen) atoms. The molecule has 4 aromatic rings. The lowest BCUT2D eigenvalue weighted by atomic mass is 10.0. The number of carbonyl (C=O) groups is 1. The number of aromatic nitrogens is 2. The summed E-state index contributed by atoms with van der Waals surface area (Å²) in [6.07, 6.45) is 3.58. The van der Waals surface area contributed by atoms with Crippen molar-refractivity contribution in [2.24, 2.45) is 0 Å². The molecule has 0 spiro atoms. The summed E-state index contributed by atoms with van der Waals surface area (Å²) in [4.78, 5) is 17.4. The lowest BCUT2D eigenvalue weighted by molar-refractivity contribution is 0.0952. The Balaban J connectivity index is 1.27. The van der Waals surface area contributed by atoms with E-state index in [0.717, 1.165) is 54.8 Å². The van der Waals surface area contributed by atoms with E-state index in [1.165, 1.54) is 5.56 Å². The number of hydrogen-bond acceptors (Lipinski definition) is 4. The van der Waals surface area contributed by atoms with E-state index in [4.69, 9.17) is 14.5 Å². The minimum atomic E-state index is -0.0914. The molecule has 194 valence electrons. The van der Waals surface area contributed by atoms with Crippen LogP contribution < -0.4 is 14.8 Å². The van der Waals surface area contributed by atoms with E-state index >= 15 is 0 Å². The molecule has 0 unspecified atom stereocenters. The van der Waals surface area contributed by atoms with Crippen molar-refractivity contribution in [3.63, 3.8) is 0 Å². The van der Waals surface area contributed by atoms with Gasteiger partial charge in [0.25, 0.3) is 5.91 Å². The summed E-state index contributed by atoms with van der Waals surface area (Å²) in [5.74, 6) is 3.09. The SMILES string of the molecule is COc1cccc(C(=O)NCCCc2nc3ccccc3n2CCCCOc2ccc(C(C)C)cc2)c1. The molecule has 0 aliphatic carbocycles. The van der Waals surface area contributed by atoms with E-state index < -0.39 is 0 Å². The molecule has 3 aromatic carbocycles. The summed E-state index contributed by atoms with van der Waals surface area (Å²) >= 11 is 0. The normalized spacial score (nSPS) is 11.1. The van der Waals surface area contributed by atoms with Gasteiger partial charge in [-0.2, -0.15) is 0 Å². The van der Waals surface area contributed by atoms with Crippen molar-refractivity contribution >= 4 is 16.9 Å². The predicted octanol–water partition coefficient (Wildman–Crippen LogP) is 6.39. The molecule has 4 rings (SSSR count). The summed E-state index contributed by atoms with van der Waals surface area (Å²) in [6.45, 7) is 6.56. The average molecular weight is 500 g/mol. The number of ether oxygens (including phenoxy) is 2. The second-order valence-corrected chi connectivity index (χ2v) is 9.54. The van der Waals surface area contributed by atoms with E-state index in [1.807, 2.05) is 18.2 Å². The van der Waals surface area contributed by atoms with Crippen LogP contribution in [0.4, 0.5) is 0 Å². The van der Waals surface area contributed by atoms with Crippen LogP contribution in [-0.2, 0) is 13.0 Å². The summed E-state index contributed by atoms with van der Waals surface area (Å²) < 4.78 is 13.5. The Bertz CT molecular complexity index is 1290. The Hall–Kier alpha value is -3.80. The number of unbranched alkanes of at least 4 members (excludes halogenated alkanes) is 1. The molecule has 6 heteroatoms. The minimum Gasteiger partial charge on any atom is -0.497 e. The van der Waals surface area contributed by atoms with Gasteiger partial charge < -0.3 is 19.4 Å². The van der Waals surface area contributed by atoms with E-state index in [2.05, 4.69) is 66.2 Å². The summed E-state index contributed by atoms with van der Waals surface area (Å²) in [7, 11) is 1.60. The predicted molar refractivity (Wildman–Crippen MR) is 149 cm³/mol. The maximum absolute atomic E-state index is 12.5. The van der Waals surface area contributed by atoms with Crippen LogP contribution >= 0.6 is 0 Å². The molecule has 0 aliphatic rings. The lowest BCUT2D eigenvalue weighted by Gasteiger charge is -2.11. The van der Waals surface area contributed by atoms with Crippen LogP contribution in [0.2, 0.25) is 0 Å². The Labute approximate surface area is 219 Å². The van der Waals surface area contributed by atoms with E-state index in [0.29, 0.717) is 30.4 Å². The summed E-state index contributed by atoms with van der Waals surface area (Å²) in [6, 6.07) is 23.9. The fourth-order valence-corrected chi connectivity index (χ4v) is 4.39. The number of para-hydroxylation sites is 2. The summed E-state index contributed by atoms with van der Waals surface area (Å²) in [5, 5.41) is 3.01. The van der Waals surface area contributed by atoms with Gasteiger partial charge in [-0.1, -0.05) is 44.2 Å². The Morgan fingerprint density at radius 1 is 0.946 bits per heavy atom. The molecule has 1 N–H and O–H groups in total. The molecule has 0 atom stereocenters. The fourth-order valence-electron chi connectivity index (χ4n) is 4.39. The first-order valence-corrected chi connectivity index (χ1v) is 13.1. The second-order valence-electron chi connectivity index (χ2n) is 9.54. The zero-order valence-electron chi connectivity index (χ0n) is 22.1. The van der Waals surface area contributed by atoms with Crippen LogP contribution in [-0.4, -0.2) is 35.7 Å². The van der Waals surface area contributed by atoms with Crippen molar-refractivity contribution in [3.8, 4) is 11.5 Å². The van der Waals surface area contributed by atoms with Crippen LogP contribution in [0, 0.1) is 0 Å². The van der Waals surface area contributed by atoms with Crippen molar-refractivity contribution in [1.29, 1.82) is 0 Å². The van der Waals surface area contributed by atoms with Crippen LogP contribution in [0.1, 0.15) is 60.8 Å². The van der Waals surface area contributed by atoms with Crippen molar-refractivity contribution in [2.75, 3.05) is 20.3 Å². The number of amides is 1. The Kier molecular flexibility index (Phi) is 9.19. The van der Waals surface area contributed by atoms with Gasteiger partial charge in [0, 0.05) is 25.1 Å². The third-order valence-electron chi connectivity index (χ3n) is 6.52. The number of imidazole rings is 1. The number of benzene rings is 3. The molecule has 1 heterocycles. The van der Waals surface area contributed by atoms with Gasteiger partial charge in [0.1, 0.15) is 17.3 Å². The first-order valence-electron chi connectivity index (χ1n) is 13.1. The highest BCUT2D eigenvalue weighted by Gasteiger charge is 2.11. The van der Waals surface area contributed by atoms with Gasteiger partial charge in [-0.3, -0.25) is 4.79 Å². The van der Waals surface area contributed by atoms with Gasteiger partial charge in [0.15, 0.2) is 0 Å². The number of aryl methyl sites for hydroxylation is 2. The van der Waals surface area contributed by atoms with Gasteiger partial charge in [-0.25, -0.2) is 4.98 Å². The van der Waals surface area contributed by atoms with Crippen molar-refractivity contribution < 1.29 is 14.3 Å². The molecule has 0 aliphatic heterocycles. The highest BCUT2D eigenvalue weighted by Crippen LogP contribution is 2.20. The van der Waals surface area contributed by atoms with Crippen LogP contribution in [0.3, 0.4) is 0 Å². The molecule has 1 aromatic heterocycles. The number of rotatable bonds is 13. The number of carbonyl (C=O) groups excluding carboxylic acids is 1. The highest BCUT2D eigenvalue weighted by molar-refractivity contribution is 5.94. The maximum Gasteiger partial charge on any atom is 0.251 e. The largest absolute Gasteiger partial charge is 0.497 e. The molecule has 0 bridgehead atoms. The van der Waals surface area contributed by atoms with E-state index in [1.54, 1.807) is 19.2 Å². The molecular formula is C31H37N3O3. The van der Waals surface area contributed by atoms with Crippen molar-refractivity contribution in [3.05, 3.63) is 89.7 Å². The van der Waals surface area contributed by atoms with Crippen molar-refractivity contribution in [2.45, 2.75) is 52.0 Å². The fraction of sp³-hybridized carbons (Fsp3) is 0.355. The number of nitrogens with zero attached hydrogens (tertiary/aromatic N) is 2. The van der Waals surface area contributed by atoms with Crippen LogP contribution in [0.15, 0.2) is 72.8 Å². The molecule has 6 nitrogen and oxygen atoms in total. The Morgan fingerprint density at radius 3 is 2.54 bits per heavy atom. The molecule has 1 amide bonds. The smallest absolute Gasteiger partial charge is 0.251 e.